The van der Waals surface area contributed by atoms with Gasteiger partial charge in [0.25, 0.3) is 0 Å². The van der Waals surface area contributed by atoms with Crippen molar-refractivity contribution in [2.45, 2.75) is 30.4 Å². The monoisotopic (exact) mass is 276 g/mol. The summed E-state index contributed by atoms with van der Waals surface area (Å²) in [5.74, 6) is -2.54. The summed E-state index contributed by atoms with van der Waals surface area (Å²) in [5, 5.41) is 46.0. The zero-order chi connectivity index (χ0) is 13.4. The fourth-order valence-electron chi connectivity index (χ4n) is 1.38. The summed E-state index contributed by atoms with van der Waals surface area (Å²) < 4.78 is 18.7. The van der Waals surface area contributed by atoms with Crippen molar-refractivity contribution in [3.63, 3.8) is 0 Å². The molecule has 7 N–H and O–H groups in total. The number of phosphoric ester groups is 1. The highest BCUT2D eigenvalue weighted by Gasteiger charge is 2.56. The van der Waals surface area contributed by atoms with Crippen molar-refractivity contribution in [2.24, 2.45) is 0 Å². The summed E-state index contributed by atoms with van der Waals surface area (Å²) in [7, 11) is -5.04. The van der Waals surface area contributed by atoms with Crippen LogP contribution in [0.5, 0.6) is 0 Å². The molecular formula is C6H13O10P. The maximum absolute atomic E-state index is 10.4. The van der Waals surface area contributed by atoms with Gasteiger partial charge in [0.05, 0.1) is 6.61 Å². The minimum absolute atomic E-state index is 1.09. The standard InChI is InChI=1S/C6H13O10P/c7-1-6(11)4(9)2(8)3(15-6)5(10)16-17(12,13)14/h2-5,7-11H,1H2,(H2,12,13,14)/t2-,3+,4+,5?,6?/m1/s1. The van der Waals surface area contributed by atoms with Gasteiger partial charge in [0.2, 0.25) is 5.79 Å². The zero-order valence-corrected chi connectivity index (χ0v) is 9.21. The molecule has 0 bridgehead atoms. The van der Waals surface area contributed by atoms with Crippen molar-refractivity contribution in [2.75, 3.05) is 6.61 Å². The van der Waals surface area contributed by atoms with E-state index in [0.717, 1.165) is 0 Å². The molecular weight excluding hydrogens is 263 g/mol. The molecule has 0 aromatic carbocycles. The van der Waals surface area contributed by atoms with Crippen LogP contribution in [0.25, 0.3) is 0 Å². The first-order valence-corrected chi connectivity index (χ1v) is 5.93. The first kappa shape index (κ1) is 14.9. The van der Waals surface area contributed by atoms with E-state index in [-0.39, 0.29) is 0 Å². The van der Waals surface area contributed by atoms with Gasteiger partial charge in [-0.25, -0.2) is 4.57 Å². The van der Waals surface area contributed by atoms with E-state index in [1.807, 2.05) is 0 Å². The number of ether oxygens (including phenoxy) is 1. The molecule has 17 heavy (non-hydrogen) atoms. The molecule has 2 unspecified atom stereocenters. The number of aliphatic hydroxyl groups excluding tert-OH is 4. The minimum Gasteiger partial charge on any atom is -0.391 e. The molecule has 1 aliphatic heterocycles. The highest BCUT2D eigenvalue weighted by Crippen LogP contribution is 2.40. The van der Waals surface area contributed by atoms with E-state index in [9.17, 15) is 25.0 Å². The molecule has 11 heteroatoms. The van der Waals surface area contributed by atoms with Gasteiger partial charge in [0.1, 0.15) is 18.3 Å². The lowest BCUT2D eigenvalue weighted by atomic mass is 10.1. The third-order valence-corrected chi connectivity index (χ3v) is 2.71. The molecule has 0 aromatic heterocycles. The van der Waals surface area contributed by atoms with E-state index < -0.39 is 44.8 Å². The lowest BCUT2D eigenvalue weighted by Gasteiger charge is -2.23. The molecule has 0 amide bonds. The summed E-state index contributed by atoms with van der Waals surface area (Å²) in [6, 6.07) is 0. The van der Waals surface area contributed by atoms with Crippen LogP contribution >= 0.6 is 7.82 Å². The zero-order valence-electron chi connectivity index (χ0n) is 8.32. The first-order valence-electron chi connectivity index (χ1n) is 4.40. The maximum Gasteiger partial charge on any atom is 0.472 e. The van der Waals surface area contributed by atoms with E-state index in [2.05, 4.69) is 9.26 Å². The van der Waals surface area contributed by atoms with Crippen molar-refractivity contribution in [3.8, 4) is 0 Å². The normalized spacial score (nSPS) is 40.5. The number of aliphatic hydroxyl groups is 5. The number of phosphoric acid groups is 1. The Labute approximate surface area is 94.9 Å². The second-order valence-corrected chi connectivity index (χ2v) is 4.70. The van der Waals surface area contributed by atoms with Crippen LogP contribution in [0.3, 0.4) is 0 Å². The molecule has 102 valence electrons. The molecule has 1 fully saturated rings. The van der Waals surface area contributed by atoms with E-state index >= 15 is 0 Å². The van der Waals surface area contributed by atoms with Gasteiger partial charge in [0.15, 0.2) is 6.29 Å². The van der Waals surface area contributed by atoms with Crippen molar-refractivity contribution in [1.29, 1.82) is 0 Å². The number of rotatable bonds is 4. The van der Waals surface area contributed by atoms with Crippen LogP contribution < -0.4 is 0 Å². The van der Waals surface area contributed by atoms with Gasteiger partial charge in [-0.15, -0.1) is 0 Å². The molecule has 0 radical (unpaired) electrons. The second kappa shape index (κ2) is 4.86. The summed E-state index contributed by atoms with van der Waals surface area (Å²) in [4.78, 5) is 16.8. The van der Waals surface area contributed by atoms with Gasteiger partial charge in [-0.3, -0.25) is 4.52 Å². The highest BCUT2D eigenvalue weighted by atomic mass is 31.2. The van der Waals surface area contributed by atoms with Gasteiger partial charge >= 0.3 is 7.82 Å². The Kier molecular flexibility index (Phi) is 4.27. The summed E-state index contributed by atoms with van der Waals surface area (Å²) in [6.45, 7) is -1.09. The molecule has 1 saturated heterocycles. The van der Waals surface area contributed by atoms with Crippen molar-refractivity contribution < 1.29 is 49.1 Å². The van der Waals surface area contributed by atoms with Gasteiger partial charge in [-0.1, -0.05) is 0 Å². The second-order valence-electron chi connectivity index (χ2n) is 3.51. The molecule has 1 heterocycles. The van der Waals surface area contributed by atoms with Gasteiger partial charge < -0.3 is 40.1 Å². The van der Waals surface area contributed by atoms with Crippen LogP contribution in [0.2, 0.25) is 0 Å². The maximum atomic E-state index is 10.4. The van der Waals surface area contributed by atoms with Crippen LogP contribution in [0, 0.1) is 0 Å². The Bertz CT molecular complexity index is 316. The summed E-state index contributed by atoms with van der Waals surface area (Å²) in [5.41, 5.74) is 0. The largest absolute Gasteiger partial charge is 0.472 e. The average molecular weight is 276 g/mol. The van der Waals surface area contributed by atoms with E-state index in [1.54, 1.807) is 0 Å². The molecule has 1 rings (SSSR count). The van der Waals surface area contributed by atoms with Crippen LogP contribution in [-0.4, -0.2) is 72.3 Å². The number of hydrogen-bond acceptors (Lipinski definition) is 8. The Morgan fingerprint density at radius 2 is 1.94 bits per heavy atom. The molecule has 0 saturated carbocycles. The molecule has 1 aliphatic rings. The smallest absolute Gasteiger partial charge is 0.391 e. The Morgan fingerprint density at radius 3 is 2.29 bits per heavy atom. The third kappa shape index (κ3) is 3.20. The quantitative estimate of drug-likeness (QED) is 0.199. The van der Waals surface area contributed by atoms with Crippen LogP contribution in [-0.2, 0) is 13.8 Å². The van der Waals surface area contributed by atoms with Crippen molar-refractivity contribution in [1.82, 2.24) is 0 Å². The molecule has 0 aromatic rings. The Hall–Kier alpha value is -0.130. The van der Waals surface area contributed by atoms with Gasteiger partial charge in [-0.2, -0.15) is 0 Å². The molecule has 0 aliphatic carbocycles. The van der Waals surface area contributed by atoms with E-state index in [4.69, 9.17) is 14.9 Å². The minimum atomic E-state index is -5.04. The molecule has 5 atom stereocenters. The van der Waals surface area contributed by atoms with Crippen LogP contribution in [0.4, 0.5) is 0 Å². The average Bonchev–Trinajstić information content (AvgIpc) is 2.41. The van der Waals surface area contributed by atoms with Crippen molar-refractivity contribution in [3.05, 3.63) is 0 Å². The summed E-state index contributed by atoms with van der Waals surface area (Å²) >= 11 is 0. The third-order valence-electron chi connectivity index (χ3n) is 2.22. The highest BCUT2D eigenvalue weighted by molar-refractivity contribution is 7.46. The fourth-order valence-corrected chi connectivity index (χ4v) is 1.78. The molecule has 0 spiro atoms. The molecule has 10 nitrogen and oxygen atoms in total. The van der Waals surface area contributed by atoms with Crippen LogP contribution in [0.1, 0.15) is 0 Å². The lowest BCUT2D eigenvalue weighted by molar-refractivity contribution is -0.266. The first-order chi connectivity index (χ1) is 7.60. The topological polar surface area (TPSA) is 177 Å². The van der Waals surface area contributed by atoms with Gasteiger partial charge in [0, 0.05) is 0 Å². The van der Waals surface area contributed by atoms with Crippen LogP contribution in [0.15, 0.2) is 0 Å². The van der Waals surface area contributed by atoms with E-state index in [0.29, 0.717) is 0 Å². The predicted octanol–water partition coefficient (Wildman–Crippen LogP) is -3.78. The SMILES string of the molecule is O=P(O)(O)OC(O)[C@H]1OC(O)(CO)[C@@H](O)[C@@H]1O. The Morgan fingerprint density at radius 1 is 1.41 bits per heavy atom. The Balaban J connectivity index is 2.77. The fraction of sp³-hybridized carbons (Fsp3) is 1.00. The lowest BCUT2D eigenvalue weighted by Crippen LogP contribution is -2.46. The number of hydrogen-bond donors (Lipinski definition) is 7. The summed E-state index contributed by atoms with van der Waals surface area (Å²) in [6.07, 6.45) is -7.97. The van der Waals surface area contributed by atoms with Crippen molar-refractivity contribution >= 4 is 7.82 Å². The van der Waals surface area contributed by atoms with E-state index in [1.165, 1.54) is 0 Å². The van der Waals surface area contributed by atoms with Gasteiger partial charge in [-0.05, 0) is 0 Å². The predicted molar refractivity (Wildman–Crippen MR) is 48.1 cm³/mol.